The van der Waals surface area contributed by atoms with E-state index >= 15 is 0 Å². The van der Waals surface area contributed by atoms with E-state index in [4.69, 9.17) is 4.98 Å². The van der Waals surface area contributed by atoms with E-state index in [1.807, 2.05) is 37.3 Å². The molecule has 34 heavy (non-hydrogen) atoms. The molecule has 0 unspecified atom stereocenters. The highest BCUT2D eigenvalue weighted by atomic mass is 16.1. The lowest BCUT2D eigenvalue weighted by molar-refractivity contribution is -0.116. The summed E-state index contributed by atoms with van der Waals surface area (Å²) in [5.74, 6) is 0.0494. The topological polar surface area (TPSA) is 57.8 Å². The van der Waals surface area contributed by atoms with Crippen LogP contribution in [0.25, 0.3) is 33.2 Å². The number of hydrogen-bond donors (Lipinski definition) is 2. The Morgan fingerprint density at radius 2 is 1.71 bits per heavy atom. The first-order valence-electron chi connectivity index (χ1n) is 11.8. The molecule has 5 aromatic rings. The van der Waals surface area contributed by atoms with E-state index in [1.165, 1.54) is 22.1 Å². The highest BCUT2D eigenvalue weighted by Crippen LogP contribution is 2.32. The lowest BCUT2D eigenvalue weighted by Crippen LogP contribution is -2.12. The molecule has 0 atom stereocenters. The fourth-order valence-corrected chi connectivity index (χ4v) is 4.64. The minimum atomic E-state index is 0.0494. The molecule has 0 aliphatic carbocycles. The Morgan fingerprint density at radius 3 is 2.56 bits per heavy atom. The van der Waals surface area contributed by atoms with Crippen molar-refractivity contribution < 1.29 is 4.79 Å². The summed E-state index contributed by atoms with van der Waals surface area (Å²) in [5.41, 5.74) is 9.67. The van der Waals surface area contributed by atoms with Gasteiger partial charge < -0.3 is 10.3 Å². The highest BCUT2D eigenvalue weighted by molar-refractivity contribution is 5.93. The van der Waals surface area contributed by atoms with E-state index in [-0.39, 0.29) is 5.91 Å². The first-order valence-corrected chi connectivity index (χ1v) is 11.8. The third-order valence-corrected chi connectivity index (χ3v) is 6.40. The number of carbonyl (C=O) groups is 1. The van der Waals surface area contributed by atoms with E-state index in [0.29, 0.717) is 6.42 Å². The molecule has 4 nitrogen and oxygen atoms in total. The van der Waals surface area contributed by atoms with Gasteiger partial charge in [0, 0.05) is 28.4 Å². The maximum absolute atomic E-state index is 12.7. The second-order valence-corrected chi connectivity index (χ2v) is 9.14. The van der Waals surface area contributed by atoms with Crippen molar-refractivity contribution in [1.29, 1.82) is 0 Å². The lowest BCUT2D eigenvalue weighted by Gasteiger charge is -2.10. The smallest absolute Gasteiger partial charge is 0.224 e. The summed E-state index contributed by atoms with van der Waals surface area (Å²) < 4.78 is 0. The average molecular weight is 448 g/mol. The average Bonchev–Trinajstić information content (AvgIpc) is 3.18. The molecular formula is C30H29N3O. The number of para-hydroxylation sites is 1. The fourth-order valence-electron chi connectivity index (χ4n) is 4.64. The van der Waals surface area contributed by atoms with Crippen molar-refractivity contribution in [3.05, 3.63) is 95.1 Å². The number of aromatic amines is 1. The molecule has 0 spiro atoms. The van der Waals surface area contributed by atoms with Crippen LogP contribution in [0.2, 0.25) is 0 Å². The summed E-state index contributed by atoms with van der Waals surface area (Å²) in [4.78, 5) is 21.2. The number of aryl methyl sites for hydroxylation is 4. The molecule has 0 radical (unpaired) electrons. The van der Waals surface area contributed by atoms with Crippen molar-refractivity contribution in [2.45, 2.75) is 40.0 Å². The predicted octanol–water partition coefficient (Wildman–Crippen LogP) is 7.27. The van der Waals surface area contributed by atoms with Crippen LogP contribution in [0.15, 0.2) is 72.8 Å². The summed E-state index contributed by atoms with van der Waals surface area (Å²) in [6, 6.07) is 24.9. The molecule has 3 aromatic carbocycles. The molecule has 2 N–H and O–H groups in total. The van der Waals surface area contributed by atoms with Gasteiger partial charge in [-0.1, -0.05) is 53.6 Å². The minimum absolute atomic E-state index is 0.0494. The maximum atomic E-state index is 12.7. The van der Waals surface area contributed by atoms with E-state index in [1.54, 1.807) is 0 Å². The number of carbonyl (C=O) groups excluding carboxylic acids is 1. The van der Waals surface area contributed by atoms with Gasteiger partial charge in [0.1, 0.15) is 0 Å². The maximum Gasteiger partial charge on any atom is 0.224 e. The molecule has 5 rings (SSSR count). The number of aromatic nitrogens is 2. The van der Waals surface area contributed by atoms with Gasteiger partial charge in [-0.3, -0.25) is 4.79 Å². The van der Waals surface area contributed by atoms with E-state index in [9.17, 15) is 4.79 Å². The zero-order valence-corrected chi connectivity index (χ0v) is 19.9. The van der Waals surface area contributed by atoms with Crippen molar-refractivity contribution in [2.24, 2.45) is 0 Å². The fraction of sp³-hybridized carbons (Fsp3) is 0.200. The summed E-state index contributed by atoms with van der Waals surface area (Å²) in [6.45, 7) is 6.20. The minimum Gasteiger partial charge on any atom is -0.353 e. The first kappa shape index (κ1) is 21.9. The quantitative estimate of drug-likeness (QED) is 0.287. The van der Waals surface area contributed by atoms with Crippen molar-refractivity contribution in [3.8, 4) is 11.4 Å². The molecule has 170 valence electrons. The van der Waals surface area contributed by atoms with Gasteiger partial charge in [0.05, 0.1) is 16.9 Å². The summed E-state index contributed by atoms with van der Waals surface area (Å²) in [5, 5.41) is 5.41. The van der Waals surface area contributed by atoms with Crippen LogP contribution in [0.4, 0.5) is 5.69 Å². The number of nitrogens with one attached hydrogen (secondary N) is 2. The number of benzene rings is 3. The number of hydrogen-bond acceptors (Lipinski definition) is 2. The summed E-state index contributed by atoms with van der Waals surface area (Å²) in [7, 11) is 0. The molecule has 0 aliphatic heterocycles. The van der Waals surface area contributed by atoms with Gasteiger partial charge in [0.15, 0.2) is 0 Å². The third kappa shape index (κ3) is 4.44. The van der Waals surface area contributed by atoms with Crippen LogP contribution in [0.5, 0.6) is 0 Å². The van der Waals surface area contributed by atoms with Gasteiger partial charge in [-0.2, -0.15) is 0 Å². The van der Waals surface area contributed by atoms with Crippen LogP contribution in [0, 0.1) is 20.8 Å². The largest absolute Gasteiger partial charge is 0.353 e. The van der Waals surface area contributed by atoms with Gasteiger partial charge in [-0.05, 0) is 75.1 Å². The second kappa shape index (κ2) is 9.14. The lowest BCUT2D eigenvalue weighted by atomic mass is 10.0. The summed E-state index contributed by atoms with van der Waals surface area (Å²) >= 11 is 0. The Morgan fingerprint density at radius 1 is 0.912 bits per heavy atom. The number of pyridine rings is 1. The van der Waals surface area contributed by atoms with Crippen LogP contribution >= 0.6 is 0 Å². The van der Waals surface area contributed by atoms with E-state index < -0.39 is 0 Å². The number of amides is 1. The molecular weight excluding hydrogens is 418 g/mol. The standard InChI is InChI=1S/C30H29N3O/c1-19-11-14-25(21(3)17-19)32-29(34)10-6-8-23-24-18-20(2)12-15-27(24)33-30(23)28-16-13-22-7-4-5-9-26(22)31-28/h4-5,7,9,11-18,33H,6,8,10H2,1-3H3,(H,32,34). The predicted molar refractivity (Wildman–Crippen MR) is 141 cm³/mol. The SMILES string of the molecule is Cc1ccc(NC(=O)CCCc2c(-c3ccc4ccccc4n3)[nH]c3ccc(C)cc23)c(C)c1. The van der Waals surface area contributed by atoms with Crippen molar-refractivity contribution in [3.63, 3.8) is 0 Å². The Bertz CT molecular complexity index is 1510. The van der Waals surface area contributed by atoms with Gasteiger partial charge in [-0.25, -0.2) is 4.98 Å². The van der Waals surface area contributed by atoms with Crippen LogP contribution < -0.4 is 5.32 Å². The first-order chi connectivity index (χ1) is 16.5. The molecule has 1 amide bonds. The van der Waals surface area contributed by atoms with E-state index in [0.717, 1.165) is 51.9 Å². The molecule has 2 aromatic heterocycles. The van der Waals surface area contributed by atoms with Crippen molar-refractivity contribution in [1.82, 2.24) is 9.97 Å². The number of fused-ring (bicyclic) bond motifs is 2. The molecule has 0 bridgehead atoms. The van der Waals surface area contributed by atoms with Crippen molar-refractivity contribution in [2.75, 3.05) is 5.32 Å². The molecule has 4 heteroatoms. The Balaban J connectivity index is 1.40. The van der Waals surface area contributed by atoms with Crippen LogP contribution in [0.1, 0.15) is 35.1 Å². The summed E-state index contributed by atoms with van der Waals surface area (Å²) in [6.07, 6.45) is 2.03. The molecule has 2 heterocycles. The highest BCUT2D eigenvalue weighted by Gasteiger charge is 2.16. The van der Waals surface area contributed by atoms with Gasteiger partial charge in [0.25, 0.3) is 0 Å². The van der Waals surface area contributed by atoms with Crippen LogP contribution in [0.3, 0.4) is 0 Å². The Hall–Kier alpha value is -3.92. The second-order valence-electron chi connectivity index (χ2n) is 9.14. The zero-order valence-electron chi connectivity index (χ0n) is 19.9. The molecule has 0 saturated carbocycles. The Kier molecular flexibility index (Phi) is 5.89. The van der Waals surface area contributed by atoms with Gasteiger partial charge in [0.2, 0.25) is 5.91 Å². The normalized spacial score (nSPS) is 11.3. The number of nitrogens with zero attached hydrogens (tertiary/aromatic N) is 1. The number of H-pyrrole nitrogens is 1. The van der Waals surface area contributed by atoms with Gasteiger partial charge in [-0.15, -0.1) is 0 Å². The molecule has 0 fully saturated rings. The van der Waals surface area contributed by atoms with E-state index in [2.05, 4.69) is 66.6 Å². The third-order valence-electron chi connectivity index (χ3n) is 6.40. The van der Waals surface area contributed by atoms with Gasteiger partial charge >= 0.3 is 0 Å². The zero-order chi connectivity index (χ0) is 23.7. The number of rotatable bonds is 6. The van der Waals surface area contributed by atoms with Crippen molar-refractivity contribution >= 4 is 33.4 Å². The monoisotopic (exact) mass is 447 g/mol. The Labute approximate surface area is 200 Å². The van der Waals surface area contributed by atoms with Crippen LogP contribution in [-0.2, 0) is 11.2 Å². The molecule has 0 saturated heterocycles. The molecule has 0 aliphatic rings. The number of anilines is 1. The van der Waals surface area contributed by atoms with Crippen LogP contribution in [-0.4, -0.2) is 15.9 Å².